The van der Waals surface area contributed by atoms with E-state index in [0.29, 0.717) is 0 Å². The van der Waals surface area contributed by atoms with Gasteiger partial charge in [-0.2, -0.15) is 0 Å². The minimum atomic E-state index is 0.883. The Morgan fingerprint density at radius 3 is 2.58 bits per heavy atom. The van der Waals surface area contributed by atoms with Crippen LogP contribution in [0.1, 0.15) is 46.0 Å². The normalized spacial score (nSPS) is 17.2. The molecule has 0 aromatic carbocycles. The zero-order chi connectivity index (χ0) is 8.81. The monoisotopic (exact) mass is 169 g/mol. The summed E-state index contributed by atoms with van der Waals surface area (Å²) in [6.45, 7) is 7.13. The SMILES string of the molecule is CC(C)CCCCNCC1CC1. The Morgan fingerprint density at radius 1 is 1.25 bits per heavy atom. The topological polar surface area (TPSA) is 12.0 Å². The molecular formula is C11H23N. The quantitative estimate of drug-likeness (QED) is 0.578. The highest BCUT2D eigenvalue weighted by Crippen LogP contribution is 2.27. The molecule has 1 N–H and O–H groups in total. The van der Waals surface area contributed by atoms with Crippen molar-refractivity contribution in [2.24, 2.45) is 11.8 Å². The van der Waals surface area contributed by atoms with E-state index in [9.17, 15) is 0 Å². The first-order valence-electron chi connectivity index (χ1n) is 5.49. The van der Waals surface area contributed by atoms with Gasteiger partial charge in [0.15, 0.2) is 0 Å². The Kier molecular flexibility index (Phi) is 4.67. The van der Waals surface area contributed by atoms with Crippen LogP contribution in [0.2, 0.25) is 0 Å². The van der Waals surface area contributed by atoms with E-state index in [0.717, 1.165) is 11.8 Å². The molecule has 0 saturated heterocycles. The van der Waals surface area contributed by atoms with Gasteiger partial charge in [-0.05, 0) is 44.2 Å². The lowest BCUT2D eigenvalue weighted by atomic mass is 10.1. The van der Waals surface area contributed by atoms with E-state index in [1.165, 1.54) is 45.2 Å². The molecule has 0 aromatic heterocycles. The third-order valence-corrected chi connectivity index (χ3v) is 2.51. The van der Waals surface area contributed by atoms with Gasteiger partial charge in [0.1, 0.15) is 0 Å². The Morgan fingerprint density at radius 2 is 2.00 bits per heavy atom. The largest absolute Gasteiger partial charge is 0.316 e. The molecule has 0 bridgehead atoms. The fourth-order valence-electron chi connectivity index (χ4n) is 1.43. The number of hydrogen-bond acceptors (Lipinski definition) is 1. The standard InChI is InChI=1S/C11H23N/c1-10(2)5-3-4-8-12-9-11-6-7-11/h10-12H,3-9H2,1-2H3. The average molecular weight is 169 g/mol. The fraction of sp³-hybridized carbons (Fsp3) is 1.00. The van der Waals surface area contributed by atoms with Crippen molar-refractivity contribution in [1.82, 2.24) is 5.32 Å². The van der Waals surface area contributed by atoms with Gasteiger partial charge in [-0.15, -0.1) is 0 Å². The summed E-state index contributed by atoms with van der Waals surface area (Å²) in [7, 11) is 0. The summed E-state index contributed by atoms with van der Waals surface area (Å²) in [5.74, 6) is 1.92. The second-order valence-corrected chi connectivity index (χ2v) is 4.54. The van der Waals surface area contributed by atoms with Gasteiger partial charge in [0.2, 0.25) is 0 Å². The van der Waals surface area contributed by atoms with Crippen LogP contribution in [0.5, 0.6) is 0 Å². The molecule has 1 aliphatic carbocycles. The maximum atomic E-state index is 3.52. The minimum Gasteiger partial charge on any atom is -0.316 e. The molecule has 0 spiro atoms. The molecule has 1 fully saturated rings. The highest BCUT2D eigenvalue weighted by molar-refractivity contribution is 4.74. The van der Waals surface area contributed by atoms with Gasteiger partial charge in [0.25, 0.3) is 0 Å². The van der Waals surface area contributed by atoms with Crippen LogP contribution in [0.4, 0.5) is 0 Å². The van der Waals surface area contributed by atoms with Crippen LogP contribution in [0.3, 0.4) is 0 Å². The summed E-state index contributed by atoms with van der Waals surface area (Å²) in [5.41, 5.74) is 0. The molecule has 1 saturated carbocycles. The van der Waals surface area contributed by atoms with Gasteiger partial charge < -0.3 is 5.32 Å². The molecular weight excluding hydrogens is 146 g/mol. The Bertz CT molecular complexity index is 99.6. The van der Waals surface area contributed by atoms with E-state index in [1.807, 2.05) is 0 Å². The van der Waals surface area contributed by atoms with Gasteiger partial charge >= 0.3 is 0 Å². The third kappa shape index (κ3) is 5.59. The first-order valence-corrected chi connectivity index (χ1v) is 5.49. The number of hydrogen-bond donors (Lipinski definition) is 1. The number of unbranched alkanes of at least 4 members (excludes halogenated alkanes) is 1. The van der Waals surface area contributed by atoms with Crippen LogP contribution in [0.15, 0.2) is 0 Å². The molecule has 1 rings (SSSR count). The van der Waals surface area contributed by atoms with E-state index in [4.69, 9.17) is 0 Å². The fourth-order valence-corrected chi connectivity index (χ4v) is 1.43. The highest BCUT2D eigenvalue weighted by atomic mass is 14.9. The first-order chi connectivity index (χ1) is 5.79. The van der Waals surface area contributed by atoms with Crippen LogP contribution >= 0.6 is 0 Å². The van der Waals surface area contributed by atoms with Crippen LogP contribution in [-0.4, -0.2) is 13.1 Å². The molecule has 1 aliphatic rings. The molecule has 1 nitrogen and oxygen atoms in total. The van der Waals surface area contributed by atoms with Crippen molar-refractivity contribution in [3.8, 4) is 0 Å². The van der Waals surface area contributed by atoms with Gasteiger partial charge in [0, 0.05) is 0 Å². The number of rotatable bonds is 7. The van der Waals surface area contributed by atoms with Crippen LogP contribution < -0.4 is 5.32 Å². The average Bonchev–Trinajstić information content (AvgIpc) is 2.79. The lowest BCUT2D eigenvalue weighted by Gasteiger charge is -2.05. The second kappa shape index (κ2) is 5.58. The minimum absolute atomic E-state index is 0.883. The van der Waals surface area contributed by atoms with Crippen molar-refractivity contribution >= 4 is 0 Å². The van der Waals surface area contributed by atoms with Crippen molar-refractivity contribution in [3.05, 3.63) is 0 Å². The van der Waals surface area contributed by atoms with E-state index < -0.39 is 0 Å². The lowest BCUT2D eigenvalue weighted by molar-refractivity contribution is 0.516. The molecule has 0 radical (unpaired) electrons. The maximum absolute atomic E-state index is 3.52. The summed E-state index contributed by atoms with van der Waals surface area (Å²) < 4.78 is 0. The molecule has 0 amide bonds. The Hall–Kier alpha value is -0.0400. The van der Waals surface area contributed by atoms with Gasteiger partial charge in [-0.1, -0.05) is 26.7 Å². The summed E-state index contributed by atoms with van der Waals surface area (Å²) in [6, 6.07) is 0. The summed E-state index contributed by atoms with van der Waals surface area (Å²) in [5, 5.41) is 3.52. The molecule has 0 atom stereocenters. The van der Waals surface area contributed by atoms with E-state index in [2.05, 4.69) is 19.2 Å². The summed E-state index contributed by atoms with van der Waals surface area (Å²) in [6.07, 6.45) is 7.10. The summed E-state index contributed by atoms with van der Waals surface area (Å²) in [4.78, 5) is 0. The van der Waals surface area contributed by atoms with Crippen LogP contribution in [-0.2, 0) is 0 Å². The zero-order valence-electron chi connectivity index (χ0n) is 8.60. The molecule has 12 heavy (non-hydrogen) atoms. The zero-order valence-corrected chi connectivity index (χ0v) is 8.60. The molecule has 0 aromatic rings. The van der Waals surface area contributed by atoms with E-state index in [1.54, 1.807) is 0 Å². The molecule has 0 aliphatic heterocycles. The van der Waals surface area contributed by atoms with Gasteiger partial charge in [0.05, 0.1) is 0 Å². The molecule has 0 unspecified atom stereocenters. The van der Waals surface area contributed by atoms with E-state index >= 15 is 0 Å². The second-order valence-electron chi connectivity index (χ2n) is 4.54. The van der Waals surface area contributed by atoms with Crippen molar-refractivity contribution < 1.29 is 0 Å². The van der Waals surface area contributed by atoms with Crippen molar-refractivity contribution in [1.29, 1.82) is 0 Å². The lowest BCUT2D eigenvalue weighted by Crippen LogP contribution is -2.18. The maximum Gasteiger partial charge on any atom is -0.00205 e. The predicted octanol–water partition coefficient (Wildman–Crippen LogP) is 2.81. The van der Waals surface area contributed by atoms with Crippen LogP contribution in [0.25, 0.3) is 0 Å². The smallest absolute Gasteiger partial charge is 0.00205 e. The Balaban J connectivity index is 1.70. The van der Waals surface area contributed by atoms with Crippen molar-refractivity contribution in [2.75, 3.05) is 13.1 Å². The summed E-state index contributed by atoms with van der Waals surface area (Å²) >= 11 is 0. The van der Waals surface area contributed by atoms with Gasteiger partial charge in [-0.3, -0.25) is 0 Å². The van der Waals surface area contributed by atoms with Crippen molar-refractivity contribution in [3.63, 3.8) is 0 Å². The van der Waals surface area contributed by atoms with Crippen LogP contribution in [0, 0.1) is 11.8 Å². The highest BCUT2D eigenvalue weighted by Gasteiger charge is 2.19. The van der Waals surface area contributed by atoms with Gasteiger partial charge in [-0.25, -0.2) is 0 Å². The molecule has 0 heterocycles. The number of nitrogens with one attached hydrogen (secondary N) is 1. The third-order valence-electron chi connectivity index (χ3n) is 2.51. The first kappa shape index (κ1) is 10.0. The molecule has 1 heteroatoms. The van der Waals surface area contributed by atoms with Crippen molar-refractivity contribution in [2.45, 2.75) is 46.0 Å². The predicted molar refractivity (Wildman–Crippen MR) is 54.3 cm³/mol. The Labute approximate surface area is 76.9 Å². The molecule has 72 valence electrons. The van der Waals surface area contributed by atoms with E-state index in [-0.39, 0.29) is 0 Å².